The number of hydrogen-bond acceptors (Lipinski definition) is 8. The zero-order chi connectivity index (χ0) is 35.1. The molecule has 2 atom stereocenters. The molecule has 1 amide bonds. The van der Waals surface area contributed by atoms with Crippen LogP contribution in [0.2, 0.25) is 0 Å². The lowest BCUT2D eigenvalue weighted by Crippen LogP contribution is -2.34. The van der Waals surface area contributed by atoms with Gasteiger partial charge in [0.2, 0.25) is 5.75 Å². The highest BCUT2D eigenvalue weighted by Gasteiger charge is 2.35. The number of benzene rings is 4. The first kappa shape index (κ1) is 33.8. The van der Waals surface area contributed by atoms with Gasteiger partial charge >= 0.3 is 0 Å². The van der Waals surface area contributed by atoms with E-state index in [1.807, 2.05) is 44.2 Å². The number of nitrogens with one attached hydrogen (secondary N) is 1. The third kappa shape index (κ3) is 6.36. The lowest BCUT2D eigenvalue weighted by molar-refractivity contribution is 0.0940. The molecular weight excluding hydrogens is 630 g/mol. The van der Waals surface area contributed by atoms with Crippen molar-refractivity contribution in [2.45, 2.75) is 57.7 Å². The summed E-state index contributed by atoms with van der Waals surface area (Å²) < 4.78 is 31.5. The number of hydrogen-bond donors (Lipinski definition) is 1. The number of rotatable bonds is 5. The third-order valence-corrected chi connectivity index (χ3v) is 10.3. The van der Waals surface area contributed by atoms with Gasteiger partial charge in [-0.3, -0.25) is 14.6 Å². The maximum atomic E-state index is 13.4. The Morgan fingerprint density at radius 3 is 2.12 bits per heavy atom. The van der Waals surface area contributed by atoms with Crippen molar-refractivity contribution in [3.05, 3.63) is 99.6 Å². The predicted molar refractivity (Wildman–Crippen MR) is 194 cm³/mol. The number of nitrogens with zero attached hydrogens (tertiary/aromatic N) is 2. The van der Waals surface area contributed by atoms with Crippen LogP contribution in [0.4, 0.5) is 0 Å². The number of carbonyl (C=O) groups is 1. The minimum atomic E-state index is -0.167. The Morgan fingerprint density at radius 1 is 0.760 bits per heavy atom. The fraction of sp³-hybridized carbons (Fsp3) is 0.390. The highest BCUT2D eigenvalue weighted by Crippen LogP contribution is 2.51. The minimum absolute atomic E-state index is 0.0118. The topological polar surface area (TPSA) is 81.7 Å². The largest absolute Gasteiger partial charge is 0.493 e. The van der Waals surface area contributed by atoms with Crippen molar-refractivity contribution in [3.63, 3.8) is 0 Å². The maximum Gasteiger partial charge on any atom is 0.255 e. The second-order valence-corrected chi connectivity index (χ2v) is 13.9. The molecule has 4 heterocycles. The van der Waals surface area contributed by atoms with Gasteiger partial charge in [0.15, 0.2) is 23.0 Å². The molecule has 0 radical (unpaired) electrons. The van der Waals surface area contributed by atoms with E-state index in [2.05, 4.69) is 59.5 Å². The first-order valence-electron chi connectivity index (χ1n) is 17.4. The molecule has 9 heteroatoms. The van der Waals surface area contributed by atoms with Crippen LogP contribution in [-0.2, 0) is 25.7 Å². The second-order valence-electron chi connectivity index (χ2n) is 13.9. The van der Waals surface area contributed by atoms with Gasteiger partial charge < -0.3 is 29.0 Å². The fourth-order valence-electron chi connectivity index (χ4n) is 7.65. The van der Waals surface area contributed by atoms with Crippen molar-refractivity contribution in [2.24, 2.45) is 0 Å². The number of carbonyl (C=O) groups excluding carboxylic acids is 1. The predicted octanol–water partition coefficient (Wildman–Crippen LogP) is 7.29. The Labute approximate surface area is 295 Å². The normalized spacial score (nSPS) is 18.6. The standard InChI is InChI=1S/C41H47N3O6/c1-24(2)42-41(45)30-13-10-26-19-33-38-28(15-17-44(33)4)22-37(47-6)39(48-7)40(38)50-36-23-31-27(21-35(36)46-5)14-16-43(3)32(31)18-25-8-11-29(12-9-25)49-34(30)20-26/h8-13,20-24,32-33H,14-19H2,1-7H3,(H,42,45)/t32-,33+/m0/s1. The lowest BCUT2D eigenvalue weighted by atomic mass is 9.87. The molecule has 9 nitrogen and oxygen atoms in total. The van der Waals surface area contributed by atoms with Gasteiger partial charge in [0, 0.05) is 36.8 Å². The number of methoxy groups -OCH3 is 3. The average Bonchev–Trinajstić information content (AvgIpc) is 3.10. The SMILES string of the molecule is COc1cc2c3cc1Oc1c(OC)c(OC)cc4c1[C@@H](Cc1ccc(C(=O)NC(C)C)c(c1)Oc1ccc(cc1)C[C@@H]3N(C)CC2)N(C)CC4. The molecule has 8 rings (SSSR count). The van der Waals surface area contributed by atoms with Crippen molar-refractivity contribution < 1.29 is 28.5 Å². The molecule has 0 spiro atoms. The Balaban J connectivity index is 1.45. The Kier molecular flexibility index (Phi) is 9.37. The van der Waals surface area contributed by atoms with E-state index in [4.69, 9.17) is 23.7 Å². The summed E-state index contributed by atoms with van der Waals surface area (Å²) in [6.45, 7) is 5.70. The highest BCUT2D eigenvalue weighted by molar-refractivity contribution is 5.97. The summed E-state index contributed by atoms with van der Waals surface area (Å²) in [5.74, 6) is 4.15. The molecule has 1 N–H and O–H groups in total. The van der Waals surface area contributed by atoms with E-state index in [0.29, 0.717) is 52.2 Å². The number of amides is 1. The second kappa shape index (κ2) is 13.9. The van der Waals surface area contributed by atoms with Crippen molar-refractivity contribution in [1.82, 2.24) is 15.1 Å². The van der Waals surface area contributed by atoms with Crippen LogP contribution in [0.15, 0.2) is 60.7 Å². The van der Waals surface area contributed by atoms with Crippen LogP contribution < -0.4 is 29.0 Å². The molecule has 4 aliphatic heterocycles. The minimum Gasteiger partial charge on any atom is -0.493 e. The van der Waals surface area contributed by atoms with Crippen LogP contribution in [0.1, 0.15) is 69.7 Å². The highest BCUT2D eigenvalue weighted by atomic mass is 16.5. The zero-order valence-electron chi connectivity index (χ0n) is 30.1. The summed E-state index contributed by atoms with van der Waals surface area (Å²) in [5, 5.41) is 3.04. The third-order valence-electron chi connectivity index (χ3n) is 10.3. The quantitative estimate of drug-likeness (QED) is 0.236. The molecule has 0 saturated heterocycles. The molecule has 4 aliphatic rings. The van der Waals surface area contributed by atoms with Crippen LogP contribution in [0.25, 0.3) is 0 Å². The van der Waals surface area contributed by atoms with Crippen molar-refractivity contribution in [3.8, 4) is 40.2 Å². The van der Waals surface area contributed by atoms with Gasteiger partial charge in [-0.15, -0.1) is 0 Å². The molecule has 6 bridgehead atoms. The Hall–Kier alpha value is -4.73. The van der Waals surface area contributed by atoms with Gasteiger partial charge in [0.25, 0.3) is 5.91 Å². The van der Waals surface area contributed by atoms with Crippen molar-refractivity contribution in [1.29, 1.82) is 0 Å². The molecule has 4 aromatic rings. The molecular formula is C41H47N3O6. The lowest BCUT2D eigenvalue weighted by Gasteiger charge is -2.37. The van der Waals surface area contributed by atoms with Gasteiger partial charge in [0.1, 0.15) is 11.5 Å². The molecule has 4 aromatic carbocycles. The zero-order valence-corrected chi connectivity index (χ0v) is 30.1. The number of ether oxygens (including phenoxy) is 5. The summed E-state index contributed by atoms with van der Waals surface area (Å²) in [7, 11) is 9.33. The van der Waals surface area contributed by atoms with E-state index in [9.17, 15) is 4.79 Å². The van der Waals surface area contributed by atoms with Crippen molar-refractivity contribution >= 4 is 5.91 Å². The molecule has 0 aliphatic carbocycles. The number of fused-ring (bicyclic) bond motifs is 2. The van der Waals surface area contributed by atoms with E-state index in [-0.39, 0.29) is 24.0 Å². The van der Waals surface area contributed by atoms with Crippen LogP contribution in [0.3, 0.4) is 0 Å². The number of likely N-dealkylation sites (N-methyl/N-ethyl adjacent to an activating group) is 2. The molecule has 50 heavy (non-hydrogen) atoms. The van der Waals surface area contributed by atoms with E-state index in [1.54, 1.807) is 21.3 Å². The molecule has 262 valence electrons. The van der Waals surface area contributed by atoms with E-state index >= 15 is 0 Å². The first-order chi connectivity index (χ1) is 24.2. The fourth-order valence-corrected chi connectivity index (χ4v) is 7.65. The summed E-state index contributed by atoms with van der Waals surface area (Å²) >= 11 is 0. The van der Waals surface area contributed by atoms with E-state index in [0.717, 1.165) is 49.0 Å². The first-order valence-corrected chi connectivity index (χ1v) is 17.4. The van der Waals surface area contributed by atoms with E-state index < -0.39 is 0 Å². The van der Waals surface area contributed by atoms with Crippen LogP contribution in [0, 0.1) is 0 Å². The van der Waals surface area contributed by atoms with Gasteiger partial charge in [-0.2, -0.15) is 0 Å². The molecule has 0 unspecified atom stereocenters. The monoisotopic (exact) mass is 677 g/mol. The maximum absolute atomic E-state index is 13.4. The van der Waals surface area contributed by atoms with Gasteiger partial charge in [-0.25, -0.2) is 0 Å². The summed E-state index contributed by atoms with van der Waals surface area (Å²) in [6, 6.07) is 20.6. The average molecular weight is 678 g/mol. The molecule has 0 fully saturated rings. The van der Waals surface area contributed by atoms with Gasteiger partial charge in [0.05, 0.1) is 26.9 Å². The summed E-state index contributed by atoms with van der Waals surface area (Å²) in [6.07, 6.45) is 3.19. The smallest absolute Gasteiger partial charge is 0.255 e. The van der Waals surface area contributed by atoms with Crippen molar-refractivity contribution in [2.75, 3.05) is 48.5 Å². The summed E-state index contributed by atoms with van der Waals surface area (Å²) in [5.41, 5.74) is 7.38. The van der Waals surface area contributed by atoms with E-state index in [1.165, 1.54) is 16.7 Å². The van der Waals surface area contributed by atoms with Crippen LogP contribution >= 0.6 is 0 Å². The molecule has 0 saturated carbocycles. The van der Waals surface area contributed by atoms with Crippen LogP contribution in [0.5, 0.6) is 40.2 Å². The molecule has 0 aromatic heterocycles. The van der Waals surface area contributed by atoms with Gasteiger partial charge in [-0.1, -0.05) is 18.2 Å². The summed E-state index contributed by atoms with van der Waals surface area (Å²) in [4.78, 5) is 18.1. The Bertz CT molecular complexity index is 1910. The van der Waals surface area contributed by atoms with Crippen LogP contribution in [-0.4, -0.2) is 70.3 Å². The van der Waals surface area contributed by atoms with Gasteiger partial charge in [-0.05, 0) is 124 Å². The Morgan fingerprint density at radius 2 is 1.42 bits per heavy atom.